The van der Waals surface area contributed by atoms with Gasteiger partial charge in [0.25, 0.3) is 0 Å². The van der Waals surface area contributed by atoms with E-state index in [1.54, 1.807) is 0 Å². The second-order valence-electron chi connectivity index (χ2n) is 12.8. The van der Waals surface area contributed by atoms with Gasteiger partial charge in [0.1, 0.15) is 0 Å². The third kappa shape index (κ3) is 9.70. The van der Waals surface area contributed by atoms with Gasteiger partial charge < -0.3 is 28.1 Å². The van der Waals surface area contributed by atoms with E-state index in [2.05, 4.69) is 46.0 Å². The van der Waals surface area contributed by atoms with Gasteiger partial charge >= 0.3 is 5.97 Å². The fourth-order valence-electron chi connectivity index (χ4n) is 5.39. The summed E-state index contributed by atoms with van der Waals surface area (Å²) >= 11 is 0. The van der Waals surface area contributed by atoms with E-state index in [1.807, 2.05) is 0 Å². The molecule has 2 heterocycles. The molecule has 0 N–H and O–H groups in total. The van der Waals surface area contributed by atoms with Gasteiger partial charge in [0.2, 0.25) is 0 Å². The number of esters is 1. The topological polar surface area (TPSA) is 72.5 Å². The van der Waals surface area contributed by atoms with Crippen LogP contribution in [0.4, 0.5) is 0 Å². The average molecular weight is 555 g/mol. The molecule has 220 valence electrons. The molecule has 2 unspecified atom stereocenters. The molecular formula is C30H54O7Si. The summed E-state index contributed by atoms with van der Waals surface area (Å²) in [6, 6.07) is 0. The number of methoxy groups -OCH3 is 1. The Morgan fingerprint density at radius 1 is 0.921 bits per heavy atom. The van der Waals surface area contributed by atoms with Crippen molar-refractivity contribution in [3.63, 3.8) is 0 Å². The molecule has 0 aromatic carbocycles. The maximum absolute atomic E-state index is 11.4. The van der Waals surface area contributed by atoms with Gasteiger partial charge in [-0.05, 0) is 81.8 Å². The Bertz CT molecular complexity index is 723. The van der Waals surface area contributed by atoms with Gasteiger partial charge in [0.15, 0.2) is 20.9 Å². The van der Waals surface area contributed by atoms with Crippen molar-refractivity contribution in [1.82, 2.24) is 0 Å². The normalized spacial score (nSPS) is 31.1. The van der Waals surface area contributed by atoms with Gasteiger partial charge in [-0.1, -0.05) is 32.9 Å². The van der Waals surface area contributed by atoms with E-state index in [4.69, 9.17) is 28.1 Å². The Balaban J connectivity index is 1.73. The Kier molecular flexibility index (Phi) is 12.8. The van der Waals surface area contributed by atoms with Crippen LogP contribution in [0.5, 0.6) is 0 Å². The molecule has 0 radical (unpaired) electrons. The fourth-order valence-corrected chi connectivity index (χ4v) is 6.43. The van der Waals surface area contributed by atoms with Gasteiger partial charge in [0, 0.05) is 38.6 Å². The molecule has 6 atom stereocenters. The van der Waals surface area contributed by atoms with E-state index in [0.717, 1.165) is 77.4 Å². The van der Waals surface area contributed by atoms with E-state index in [0.29, 0.717) is 13.0 Å². The van der Waals surface area contributed by atoms with Crippen LogP contribution in [0.25, 0.3) is 0 Å². The highest BCUT2D eigenvalue weighted by molar-refractivity contribution is 6.74. The van der Waals surface area contributed by atoms with Crippen LogP contribution >= 0.6 is 0 Å². The van der Waals surface area contributed by atoms with Gasteiger partial charge in [-0.15, -0.1) is 0 Å². The van der Waals surface area contributed by atoms with E-state index in [-0.39, 0.29) is 47.6 Å². The third-order valence-electron chi connectivity index (χ3n) is 8.90. The average Bonchev–Trinajstić information content (AvgIpc) is 3.20. The molecule has 38 heavy (non-hydrogen) atoms. The predicted octanol–water partition coefficient (Wildman–Crippen LogP) is 6.76. The van der Waals surface area contributed by atoms with Crippen LogP contribution in [0.2, 0.25) is 18.1 Å². The number of ether oxygens (including phenoxy) is 5. The molecule has 2 saturated heterocycles. The van der Waals surface area contributed by atoms with Crippen molar-refractivity contribution >= 4 is 14.3 Å². The Morgan fingerprint density at radius 3 is 2.05 bits per heavy atom. The largest absolute Gasteiger partial charge is 0.469 e. The van der Waals surface area contributed by atoms with E-state index < -0.39 is 8.32 Å². The lowest BCUT2D eigenvalue weighted by molar-refractivity contribution is -0.204. The molecule has 3 rings (SSSR count). The van der Waals surface area contributed by atoms with Crippen molar-refractivity contribution < 1.29 is 32.9 Å². The lowest BCUT2D eigenvalue weighted by Gasteiger charge is -2.39. The highest BCUT2D eigenvalue weighted by atomic mass is 28.4. The van der Waals surface area contributed by atoms with Crippen LogP contribution in [0.15, 0.2) is 12.2 Å². The Hall–Kier alpha value is -0.773. The second kappa shape index (κ2) is 15.3. The smallest absolute Gasteiger partial charge is 0.305 e. The van der Waals surface area contributed by atoms with Gasteiger partial charge in [-0.25, -0.2) is 0 Å². The maximum Gasteiger partial charge on any atom is 0.305 e. The Morgan fingerprint density at radius 2 is 1.53 bits per heavy atom. The van der Waals surface area contributed by atoms with E-state index >= 15 is 0 Å². The van der Waals surface area contributed by atoms with Crippen molar-refractivity contribution in [2.75, 3.05) is 26.9 Å². The lowest BCUT2D eigenvalue weighted by atomic mass is 9.90. The van der Waals surface area contributed by atoms with Crippen LogP contribution < -0.4 is 0 Å². The van der Waals surface area contributed by atoms with Crippen molar-refractivity contribution in [3.05, 3.63) is 12.2 Å². The Labute approximate surface area is 232 Å². The van der Waals surface area contributed by atoms with Crippen molar-refractivity contribution in [2.24, 2.45) is 11.8 Å². The standard InChI is InChI=1S/C30H54O7Si/c1-30(2,3)38(5,6)35-22-24-23(15-9-7-8-10-16-27(31)32-4)25(36-28-17-11-13-19-33-28)21-26(24)37-29-18-12-14-20-34-29/h7,9,23-26,28-29H,8,10-22H2,1-6H3/b9-7-/t23-,24-,25-,26-,28?,29?/m1/s1. The van der Waals surface area contributed by atoms with Crippen molar-refractivity contribution in [3.8, 4) is 0 Å². The van der Waals surface area contributed by atoms with Gasteiger partial charge in [-0.3, -0.25) is 4.79 Å². The minimum absolute atomic E-state index is 0.0363. The molecule has 3 fully saturated rings. The molecule has 3 aliphatic rings. The zero-order valence-corrected chi connectivity index (χ0v) is 25.9. The summed E-state index contributed by atoms with van der Waals surface area (Å²) in [4.78, 5) is 11.4. The van der Waals surface area contributed by atoms with E-state index in [1.165, 1.54) is 7.11 Å². The van der Waals surface area contributed by atoms with Crippen LogP contribution in [0, 0.1) is 11.8 Å². The minimum Gasteiger partial charge on any atom is -0.469 e. The molecule has 0 spiro atoms. The zero-order valence-electron chi connectivity index (χ0n) is 24.9. The monoisotopic (exact) mass is 554 g/mol. The summed E-state index contributed by atoms with van der Waals surface area (Å²) in [7, 11) is -0.484. The van der Waals surface area contributed by atoms with Gasteiger partial charge in [-0.2, -0.15) is 0 Å². The molecule has 2 aliphatic heterocycles. The summed E-state index contributed by atoms with van der Waals surface area (Å²) in [6.45, 7) is 13.7. The molecule has 8 heteroatoms. The summed E-state index contributed by atoms with van der Waals surface area (Å²) in [6.07, 6.45) is 14.5. The first-order valence-corrected chi connectivity index (χ1v) is 17.9. The number of carbonyl (C=O) groups excluding carboxylic acids is 1. The molecule has 1 saturated carbocycles. The number of rotatable bonds is 13. The van der Waals surface area contributed by atoms with Crippen LogP contribution in [-0.4, -0.2) is 66.0 Å². The minimum atomic E-state index is -1.93. The lowest BCUT2D eigenvalue weighted by Crippen LogP contribution is -2.44. The predicted molar refractivity (Wildman–Crippen MR) is 151 cm³/mol. The van der Waals surface area contributed by atoms with Crippen molar-refractivity contribution in [1.29, 1.82) is 0 Å². The van der Waals surface area contributed by atoms with Crippen LogP contribution in [-0.2, 0) is 32.9 Å². The number of allylic oxidation sites excluding steroid dienone is 2. The first-order chi connectivity index (χ1) is 18.1. The molecule has 0 aromatic rings. The first-order valence-electron chi connectivity index (χ1n) is 15.0. The number of carbonyl (C=O) groups is 1. The van der Waals surface area contributed by atoms with E-state index in [9.17, 15) is 4.79 Å². The molecular weight excluding hydrogens is 500 g/mol. The second-order valence-corrected chi connectivity index (χ2v) is 17.6. The highest BCUT2D eigenvalue weighted by Crippen LogP contribution is 2.43. The highest BCUT2D eigenvalue weighted by Gasteiger charge is 2.48. The molecule has 1 aliphatic carbocycles. The third-order valence-corrected chi connectivity index (χ3v) is 13.4. The SMILES string of the molecule is COC(=O)CCC/C=C\C[C@@H]1[C@@H](CO[Si](C)(C)C(C)(C)C)[C@H](OC2CCCCO2)C[C@H]1OC1CCCCO1. The summed E-state index contributed by atoms with van der Waals surface area (Å²) in [5, 5.41) is 0.148. The fraction of sp³-hybridized carbons (Fsp3) is 0.900. The number of unbranched alkanes of at least 4 members (excludes halogenated alkanes) is 1. The molecule has 7 nitrogen and oxygen atoms in total. The first kappa shape index (κ1) is 31.8. The van der Waals surface area contributed by atoms with Crippen LogP contribution in [0.3, 0.4) is 0 Å². The number of hydrogen-bond acceptors (Lipinski definition) is 7. The molecule has 0 amide bonds. The molecule has 0 aromatic heterocycles. The maximum atomic E-state index is 11.4. The molecule has 0 bridgehead atoms. The summed E-state index contributed by atoms with van der Waals surface area (Å²) < 4.78 is 36.9. The summed E-state index contributed by atoms with van der Waals surface area (Å²) in [5.74, 6) is 0.349. The number of hydrogen-bond donors (Lipinski definition) is 0. The summed E-state index contributed by atoms with van der Waals surface area (Å²) in [5.41, 5.74) is 0. The van der Waals surface area contributed by atoms with Crippen LogP contribution in [0.1, 0.15) is 91.4 Å². The van der Waals surface area contributed by atoms with Gasteiger partial charge in [0.05, 0.1) is 19.3 Å². The quantitative estimate of drug-likeness (QED) is 0.108. The van der Waals surface area contributed by atoms with Crippen molar-refractivity contribution in [2.45, 2.75) is 134 Å². The zero-order chi connectivity index (χ0) is 27.6.